The van der Waals surface area contributed by atoms with E-state index in [4.69, 9.17) is 31.9 Å². The number of rotatable bonds is 21. The molecule has 6 amide bonds. The Morgan fingerprint density at radius 2 is 1.58 bits per heavy atom. The van der Waals surface area contributed by atoms with Crippen molar-refractivity contribution in [2.24, 2.45) is 17.2 Å². The first-order valence-electron chi connectivity index (χ1n) is 22.2. The van der Waals surface area contributed by atoms with Crippen molar-refractivity contribution in [1.29, 1.82) is 5.26 Å². The molecule has 0 saturated carbocycles. The van der Waals surface area contributed by atoms with E-state index in [1.54, 1.807) is 49.4 Å². The molecule has 4 bridgehead atoms. The number of aliphatic hydroxyl groups excluding tert-OH is 1. The Balaban J connectivity index is 1.78. The normalized spacial score (nSPS) is 16.8. The second kappa shape index (κ2) is 25.8. The van der Waals surface area contributed by atoms with Gasteiger partial charge in [0.25, 0.3) is 5.91 Å². The highest BCUT2D eigenvalue weighted by Crippen LogP contribution is 2.40. The third-order valence-corrected chi connectivity index (χ3v) is 11.0. The number of ether oxygens (including phenoxy) is 2. The number of hydrogen-bond donors (Lipinski definition) is 9. The summed E-state index contributed by atoms with van der Waals surface area (Å²) in [7, 11) is 1.36. The van der Waals surface area contributed by atoms with Crippen molar-refractivity contribution in [3.05, 3.63) is 82.4 Å². The number of aryl methyl sites for hydroxylation is 2. The van der Waals surface area contributed by atoms with E-state index in [1.807, 2.05) is 18.2 Å². The fourth-order valence-electron chi connectivity index (χ4n) is 7.55. The maximum atomic E-state index is 14.7. The number of hydrogen-bond acceptors (Lipinski definition) is 13. The minimum absolute atomic E-state index is 0.0185. The van der Waals surface area contributed by atoms with Gasteiger partial charge in [0.15, 0.2) is 0 Å². The molecule has 0 radical (unpaired) electrons. The van der Waals surface area contributed by atoms with Gasteiger partial charge in [0.1, 0.15) is 61.5 Å². The van der Waals surface area contributed by atoms with Gasteiger partial charge in [0, 0.05) is 49.9 Å². The third kappa shape index (κ3) is 14.0. The van der Waals surface area contributed by atoms with Crippen molar-refractivity contribution in [2.75, 3.05) is 53.0 Å². The van der Waals surface area contributed by atoms with E-state index in [0.29, 0.717) is 39.3 Å². The quantitative estimate of drug-likeness (QED) is 0.0654. The highest BCUT2D eigenvalue weighted by Gasteiger charge is 2.37. The number of benzene rings is 3. The van der Waals surface area contributed by atoms with Gasteiger partial charge in [-0.25, -0.2) is 0 Å². The summed E-state index contributed by atoms with van der Waals surface area (Å²) in [6, 6.07) is 10.9. The molecule has 0 aromatic heterocycles. The number of nitrogens with one attached hydrogen (secondary N) is 5. The first-order valence-corrected chi connectivity index (χ1v) is 22.2. The molecule has 19 nitrogen and oxygen atoms in total. The topological polar surface area (TPSA) is 306 Å². The number of likely N-dealkylation sites (N-methyl/N-ethyl adjacent to an activating group) is 1. The predicted molar refractivity (Wildman–Crippen MR) is 247 cm³/mol. The van der Waals surface area contributed by atoms with Crippen molar-refractivity contribution in [2.45, 2.75) is 89.5 Å². The fourth-order valence-corrected chi connectivity index (χ4v) is 7.55. The summed E-state index contributed by atoms with van der Waals surface area (Å²) < 4.78 is 12.1. The minimum atomic E-state index is -1.46. The molecule has 3 aromatic carbocycles. The third-order valence-electron chi connectivity index (χ3n) is 11.0. The molecule has 1 aliphatic rings. The van der Waals surface area contributed by atoms with E-state index < -0.39 is 72.3 Å². The van der Waals surface area contributed by atoms with Crippen LogP contribution in [0.1, 0.15) is 78.2 Å². The molecule has 5 atom stereocenters. The lowest BCUT2D eigenvalue weighted by atomic mass is 9.93. The zero-order valence-corrected chi connectivity index (χ0v) is 38.1. The largest absolute Gasteiger partial charge is 0.492 e. The minimum Gasteiger partial charge on any atom is -0.492 e. The molecule has 4 rings (SSSR count). The van der Waals surface area contributed by atoms with Crippen molar-refractivity contribution in [3.8, 4) is 28.7 Å². The van der Waals surface area contributed by atoms with Gasteiger partial charge in [-0.2, -0.15) is 5.26 Å². The Labute approximate surface area is 385 Å². The van der Waals surface area contributed by atoms with Gasteiger partial charge in [0.05, 0.1) is 6.07 Å². The molecule has 0 spiro atoms. The van der Waals surface area contributed by atoms with Crippen LogP contribution in [0, 0.1) is 18.3 Å². The van der Waals surface area contributed by atoms with E-state index in [9.17, 15) is 33.9 Å². The summed E-state index contributed by atoms with van der Waals surface area (Å²) in [6.07, 6.45) is 2.60. The Bertz CT molecular complexity index is 2230. The number of nitriles is 1. The fraction of sp³-hybridized carbons (Fsp3) is 0.468. The van der Waals surface area contributed by atoms with Gasteiger partial charge in [-0.15, -0.1) is 0 Å². The number of fused-ring (bicyclic) bond motifs is 5. The number of unbranched alkanes of at least 4 members (excludes halogenated alkanes) is 1. The average molecular weight is 913 g/mol. The molecule has 1 heterocycles. The first kappa shape index (κ1) is 52.0. The van der Waals surface area contributed by atoms with Crippen LogP contribution >= 0.6 is 0 Å². The predicted octanol–water partition coefficient (Wildman–Crippen LogP) is 0.379. The summed E-state index contributed by atoms with van der Waals surface area (Å²) in [5.41, 5.74) is 21.5. The summed E-state index contributed by atoms with van der Waals surface area (Å²) in [5.74, 6) is -3.50. The van der Waals surface area contributed by atoms with Gasteiger partial charge in [-0.1, -0.05) is 37.6 Å². The van der Waals surface area contributed by atoms with Crippen molar-refractivity contribution < 1.29 is 43.3 Å². The van der Waals surface area contributed by atoms with Gasteiger partial charge >= 0.3 is 0 Å². The molecule has 0 fully saturated rings. The molecule has 12 N–H and O–H groups in total. The highest BCUT2D eigenvalue weighted by atomic mass is 16.5. The van der Waals surface area contributed by atoms with Crippen LogP contribution in [0.2, 0.25) is 0 Å². The highest BCUT2D eigenvalue weighted by molar-refractivity contribution is 6.00. The smallest absolute Gasteiger partial charge is 0.252 e. The van der Waals surface area contributed by atoms with Crippen LogP contribution in [0.3, 0.4) is 0 Å². The van der Waals surface area contributed by atoms with Crippen LogP contribution in [-0.2, 0) is 36.8 Å². The van der Waals surface area contributed by atoms with Crippen LogP contribution in [0.5, 0.6) is 11.5 Å². The van der Waals surface area contributed by atoms with Crippen molar-refractivity contribution >= 4 is 35.4 Å². The van der Waals surface area contributed by atoms with E-state index in [2.05, 4.69) is 33.5 Å². The molecular formula is C47H64N10O9. The van der Waals surface area contributed by atoms with Gasteiger partial charge < -0.3 is 63.3 Å². The second-order valence-corrected chi connectivity index (χ2v) is 16.0. The molecule has 356 valence electrons. The molecule has 3 aromatic rings. The van der Waals surface area contributed by atoms with Crippen molar-refractivity contribution in [3.63, 3.8) is 0 Å². The zero-order valence-electron chi connectivity index (χ0n) is 38.1. The standard InChI is InChI=1S/C47H64N10O9/c1-5-6-7-30-8-11-33(28(2)24-30)43(60)54-36(15-21-58)45(62)55-37(14-16-48)47(64)57(4)41-32-10-13-40(66-23-19-51)35(27-32)34-25-31(9-12-39(34)65-22-18-50)26-38(44(61)52-20-17-49)56-42(59)29(3)53-46(41)63/h8-13,24-25,27,29,36-38,41,58H,5-7,14-16,18-23,26,48,50-51H2,1-4H3,(H,52,61)(H,53,63)(H,54,60)(H,55,62)(H,56,59)/t29-,36-,37-,38-,41-/m0/s1. The zero-order chi connectivity index (χ0) is 48.3. The Kier molecular flexibility index (Phi) is 20.3. The maximum absolute atomic E-state index is 14.7. The summed E-state index contributed by atoms with van der Waals surface area (Å²) >= 11 is 0. The lowest BCUT2D eigenvalue weighted by Crippen LogP contribution is -2.57. The average Bonchev–Trinajstić information content (AvgIpc) is 3.30. The van der Waals surface area contributed by atoms with E-state index >= 15 is 0 Å². The molecule has 66 heavy (non-hydrogen) atoms. The van der Waals surface area contributed by atoms with E-state index in [0.717, 1.165) is 29.7 Å². The molecule has 0 unspecified atom stereocenters. The van der Waals surface area contributed by atoms with Crippen LogP contribution in [0.25, 0.3) is 11.1 Å². The van der Waals surface area contributed by atoms with Gasteiger partial charge in [0.2, 0.25) is 29.5 Å². The lowest BCUT2D eigenvalue weighted by Gasteiger charge is -2.33. The SMILES string of the molecule is CCCCc1ccc(C(=O)N[C@@H](CCO)C(=O)N[C@@H](CCN)C(=O)N(C)[C@@H]2C(=O)N[C@@H](C)C(=O)N[C@H](C(=O)NCC#N)Cc3ccc(OCCN)c(c3)-c3cc2ccc3OCCN)c(C)c1. The number of amides is 6. The number of carbonyl (C=O) groups is 6. The lowest BCUT2D eigenvalue weighted by molar-refractivity contribution is -0.143. The molecular weight excluding hydrogens is 849 g/mol. The summed E-state index contributed by atoms with van der Waals surface area (Å²) in [4.78, 5) is 84.8. The Morgan fingerprint density at radius 3 is 2.20 bits per heavy atom. The summed E-state index contributed by atoms with van der Waals surface area (Å²) in [6.45, 7) is 5.05. The second-order valence-electron chi connectivity index (χ2n) is 16.0. The van der Waals surface area contributed by atoms with E-state index in [1.165, 1.54) is 14.0 Å². The molecule has 0 saturated heterocycles. The van der Waals surface area contributed by atoms with E-state index in [-0.39, 0.29) is 64.2 Å². The Hall–Kier alpha value is -6.59. The number of aliphatic hydroxyl groups is 1. The van der Waals surface area contributed by atoms with Gasteiger partial charge in [-0.3, -0.25) is 28.8 Å². The number of nitrogens with zero attached hydrogens (tertiary/aromatic N) is 2. The van der Waals surface area contributed by atoms with Crippen LogP contribution in [0.15, 0.2) is 54.6 Å². The summed E-state index contributed by atoms with van der Waals surface area (Å²) in [5, 5.41) is 32.3. The van der Waals surface area contributed by atoms with Gasteiger partial charge in [-0.05, 0) is 98.7 Å². The number of nitrogens with two attached hydrogens (primary N) is 3. The maximum Gasteiger partial charge on any atom is 0.252 e. The van der Waals surface area contributed by atoms with Crippen LogP contribution in [-0.4, -0.2) is 123 Å². The Morgan fingerprint density at radius 1 is 0.894 bits per heavy atom. The van der Waals surface area contributed by atoms with Crippen molar-refractivity contribution in [1.82, 2.24) is 31.5 Å². The molecule has 19 heteroatoms. The monoisotopic (exact) mass is 912 g/mol. The first-order chi connectivity index (χ1) is 31.7. The number of carbonyl (C=O) groups excluding carboxylic acids is 6. The molecule has 1 aliphatic heterocycles. The van der Waals surface area contributed by atoms with Crippen LogP contribution < -0.4 is 53.3 Å². The molecule has 0 aliphatic carbocycles. The van der Waals surface area contributed by atoms with Crippen LogP contribution in [0.4, 0.5) is 0 Å².